The van der Waals surface area contributed by atoms with Crippen LogP contribution in [-0.2, 0) is 0 Å². The predicted octanol–water partition coefficient (Wildman–Crippen LogP) is 9.95. The van der Waals surface area contributed by atoms with Gasteiger partial charge in [-0.25, -0.2) is 0 Å². The Morgan fingerprint density at radius 1 is 0.750 bits per heavy atom. The highest BCUT2D eigenvalue weighted by atomic mass is 14.3. The smallest absolute Gasteiger partial charge is 0.00285 e. The lowest BCUT2D eigenvalue weighted by atomic mass is 9.68. The minimum atomic E-state index is 0.349. The lowest BCUT2D eigenvalue weighted by Crippen LogP contribution is -2.26. The summed E-state index contributed by atoms with van der Waals surface area (Å²) in [4.78, 5) is 0. The molecule has 0 amide bonds. The molecule has 0 aromatic heterocycles. The van der Waals surface area contributed by atoms with Crippen molar-refractivity contribution in [3.05, 3.63) is 119 Å². The van der Waals surface area contributed by atoms with Crippen LogP contribution in [0.1, 0.15) is 68.2 Å². The zero-order chi connectivity index (χ0) is 24.0. The van der Waals surface area contributed by atoms with E-state index in [1.54, 1.807) is 0 Å². The predicted molar refractivity (Wildman–Crippen MR) is 147 cm³/mol. The fourth-order valence-corrected chi connectivity index (χ4v) is 3.83. The maximum absolute atomic E-state index is 2.40. The molecule has 0 unspecified atom stereocenters. The maximum Gasteiger partial charge on any atom is 0.00285 e. The molecule has 0 saturated carbocycles. The normalized spacial score (nSPS) is 21.8. The molecular weight excluding hydrogens is 384 g/mol. The average molecular weight is 429 g/mol. The third-order valence-electron chi connectivity index (χ3n) is 5.83. The van der Waals surface area contributed by atoms with Gasteiger partial charge in [0.25, 0.3) is 0 Å². The van der Waals surface area contributed by atoms with E-state index in [4.69, 9.17) is 0 Å². The molecule has 0 saturated heterocycles. The Kier molecular flexibility index (Phi) is 12.4. The molecule has 1 aliphatic rings. The van der Waals surface area contributed by atoms with Gasteiger partial charge in [0.2, 0.25) is 0 Å². The zero-order valence-corrected chi connectivity index (χ0v) is 21.7. The van der Waals surface area contributed by atoms with Crippen LogP contribution in [0.4, 0.5) is 0 Å². The van der Waals surface area contributed by atoms with Crippen molar-refractivity contribution >= 4 is 0 Å². The van der Waals surface area contributed by atoms with Gasteiger partial charge in [-0.15, -0.1) is 0 Å². The third kappa shape index (κ3) is 11.1. The van der Waals surface area contributed by atoms with E-state index in [0.717, 1.165) is 0 Å². The molecule has 0 aromatic rings. The second-order valence-corrected chi connectivity index (χ2v) is 9.56. The fourth-order valence-electron chi connectivity index (χ4n) is 3.83. The summed E-state index contributed by atoms with van der Waals surface area (Å²) in [5.41, 5.74) is 6.84. The highest BCUT2D eigenvalue weighted by Crippen LogP contribution is 2.41. The summed E-state index contributed by atoms with van der Waals surface area (Å²) in [5, 5.41) is 0. The molecule has 0 heterocycles. The van der Waals surface area contributed by atoms with Crippen LogP contribution < -0.4 is 0 Å². The van der Waals surface area contributed by atoms with Gasteiger partial charge in [0.1, 0.15) is 0 Å². The van der Waals surface area contributed by atoms with Crippen molar-refractivity contribution in [1.29, 1.82) is 0 Å². The van der Waals surface area contributed by atoms with Gasteiger partial charge in [-0.05, 0) is 59.8 Å². The van der Waals surface area contributed by atoms with Crippen molar-refractivity contribution in [3.63, 3.8) is 0 Å². The Morgan fingerprint density at radius 3 is 1.72 bits per heavy atom. The van der Waals surface area contributed by atoms with Gasteiger partial charge in [-0.3, -0.25) is 0 Å². The first-order valence-electron chi connectivity index (χ1n) is 11.8. The summed E-state index contributed by atoms with van der Waals surface area (Å²) in [5.74, 6) is 0.537. The van der Waals surface area contributed by atoms with E-state index in [1.807, 2.05) is 6.92 Å². The number of hydrogen-bond acceptors (Lipinski definition) is 0. The molecule has 1 atom stereocenters. The topological polar surface area (TPSA) is 0 Å². The van der Waals surface area contributed by atoms with Crippen molar-refractivity contribution in [2.24, 2.45) is 11.3 Å². The van der Waals surface area contributed by atoms with Crippen LogP contribution in [0.2, 0.25) is 0 Å². The summed E-state index contributed by atoms with van der Waals surface area (Å²) in [6.07, 6.45) is 34.9. The van der Waals surface area contributed by atoms with Gasteiger partial charge in [-0.1, -0.05) is 133 Å². The molecule has 1 aliphatic carbocycles. The number of rotatable bonds is 9. The van der Waals surface area contributed by atoms with E-state index in [9.17, 15) is 0 Å². The van der Waals surface area contributed by atoms with Crippen LogP contribution in [0.15, 0.2) is 119 Å². The molecule has 172 valence electrons. The highest BCUT2D eigenvalue weighted by Gasteiger charge is 2.30. The van der Waals surface area contributed by atoms with Gasteiger partial charge in [0, 0.05) is 5.92 Å². The van der Waals surface area contributed by atoms with Crippen molar-refractivity contribution < 1.29 is 0 Å². The van der Waals surface area contributed by atoms with E-state index in [1.165, 1.54) is 40.7 Å². The van der Waals surface area contributed by atoms with Crippen LogP contribution in [0.25, 0.3) is 0 Å². The molecule has 0 bridgehead atoms. The standard InChI is InChI=1S/C32H44/c1-9-15-26(2)18-12-19-27(3)16-10-11-17-28(4)20-13-21-29(5)23-24-31-30(6)22-14-25-32(31,7)8/h9-13,15-24,31H,14,25H2,1-8H3/b11-10+,15-9+,19-12+,20-13+,24-23+,26-18+,27-16+,28-17+,29-21+/t31-/m0/s1. The van der Waals surface area contributed by atoms with Gasteiger partial charge in [-0.2, -0.15) is 0 Å². The highest BCUT2D eigenvalue weighted by molar-refractivity contribution is 5.32. The Bertz CT molecular complexity index is 896. The average Bonchev–Trinajstić information content (AvgIpc) is 2.70. The second-order valence-electron chi connectivity index (χ2n) is 9.56. The van der Waals surface area contributed by atoms with E-state index in [0.29, 0.717) is 11.3 Å². The second kappa shape index (κ2) is 14.5. The van der Waals surface area contributed by atoms with Crippen LogP contribution in [0.5, 0.6) is 0 Å². The van der Waals surface area contributed by atoms with Gasteiger partial charge < -0.3 is 0 Å². The molecule has 0 fully saturated rings. The monoisotopic (exact) mass is 428 g/mol. The molecule has 0 aromatic carbocycles. The first kappa shape index (κ1) is 27.4. The minimum Gasteiger partial charge on any atom is -0.0874 e. The van der Waals surface area contributed by atoms with E-state index in [-0.39, 0.29) is 0 Å². The van der Waals surface area contributed by atoms with Crippen LogP contribution in [0, 0.1) is 11.3 Å². The molecule has 0 radical (unpaired) electrons. The number of allylic oxidation sites excluding steroid dienone is 20. The summed E-state index contributed by atoms with van der Waals surface area (Å²) in [7, 11) is 0. The largest absolute Gasteiger partial charge is 0.0874 e. The zero-order valence-electron chi connectivity index (χ0n) is 21.7. The maximum atomic E-state index is 2.40. The first-order chi connectivity index (χ1) is 15.2. The van der Waals surface area contributed by atoms with Gasteiger partial charge in [0.05, 0.1) is 0 Å². The molecule has 0 N–H and O–H groups in total. The molecule has 0 heteroatoms. The molecule has 0 aliphatic heterocycles. The van der Waals surface area contributed by atoms with E-state index in [2.05, 4.69) is 140 Å². The summed E-state index contributed by atoms with van der Waals surface area (Å²) >= 11 is 0. The van der Waals surface area contributed by atoms with Crippen molar-refractivity contribution in [2.75, 3.05) is 0 Å². The molecule has 32 heavy (non-hydrogen) atoms. The molecular formula is C32H44. The van der Waals surface area contributed by atoms with Crippen LogP contribution in [-0.4, -0.2) is 0 Å². The van der Waals surface area contributed by atoms with E-state index < -0.39 is 0 Å². The first-order valence-corrected chi connectivity index (χ1v) is 11.8. The molecule has 1 rings (SSSR count). The Hall–Kier alpha value is -2.60. The fraction of sp³-hybridized carbons (Fsp3) is 0.375. The Labute approximate surface area is 198 Å². The van der Waals surface area contributed by atoms with Crippen molar-refractivity contribution in [3.8, 4) is 0 Å². The quantitative estimate of drug-likeness (QED) is 0.253. The van der Waals surface area contributed by atoms with Crippen LogP contribution in [0.3, 0.4) is 0 Å². The summed E-state index contributed by atoms with van der Waals surface area (Å²) in [6.45, 7) is 17.6. The SMILES string of the molecule is C/C=C/C(C)=C/C=C/C(C)=C/C=C/C=C(C)/C=C/C=C(C)/C=C/[C@H]1C(C)=CCCC1(C)C. The van der Waals surface area contributed by atoms with Crippen LogP contribution >= 0.6 is 0 Å². The third-order valence-corrected chi connectivity index (χ3v) is 5.83. The van der Waals surface area contributed by atoms with Gasteiger partial charge >= 0.3 is 0 Å². The van der Waals surface area contributed by atoms with E-state index >= 15 is 0 Å². The summed E-state index contributed by atoms with van der Waals surface area (Å²) < 4.78 is 0. The van der Waals surface area contributed by atoms with Crippen molar-refractivity contribution in [1.82, 2.24) is 0 Å². The Balaban J connectivity index is 2.62. The molecule has 0 nitrogen and oxygen atoms in total. The van der Waals surface area contributed by atoms with Gasteiger partial charge in [0.15, 0.2) is 0 Å². The number of hydrogen-bond donors (Lipinski definition) is 0. The lowest BCUT2D eigenvalue weighted by molar-refractivity contribution is 0.255. The minimum absolute atomic E-state index is 0.349. The van der Waals surface area contributed by atoms with Crippen molar-refractivity contribution in [2.45, 2.75) is 68.2 Å². The lowest BCUT2D eigenvalue weighted by Gasteiger charge is -2.36. The summed E-state index contributed by atoms with van der Waals surface area (Å²) in [6, 6.07) is 0. The molecule has 0 spiro atoms. The Morgan fingerprint density at radius 2 is 1.22 bits per heavy atom.